The Kier molecular flexibility index (Phi) is 6.69. The van der Waals surface area contributed by atoms with Gasteiger partial charge in [-0.1, -0.05) is 24.8 Å². The van der Waals surface area contributed by atoms with Crippen molar-refractivity contribution < 1.29 is 9.13 Å². The average molecular weight is 407 g/mol. The lowest BCUT2D eigenvalue weighted by Crippen LogP contribution is -2.21. The molecule has 5 N–H and O–H groups in total. The number of halogens is 1. The summed E-state index contributed by atoms with van der Waals surface area (Å²) < 4.78 is 19.1. The van der Waals surface area contributed by atoms with Gasteiger partial charge in [-0.25, -0.2) is 4.39 Å². The Hall–Kier alpha value is -3.38. The molecule has 3 rings (SSSR count). The Labute approximate surface area is 176 Å². The van der Waals surface area contributed by atoms with Crippen molar-refractivity contribution in [2.75, 3.05) is 19.1 Å². The molecule has 0 saturated heterocycles. The molecule has 0 radical (unpaired) electrons. The first-order valence-electron chi connectivity index (χ1n) is 9.80. The summed E-state index contributed by atoms with van der Waals surface area (Å²) >= 11 is 0. The summed E-state index contributed by atoms with van der Waals surface area (Å²) in [5.74, 6) is -0.229. The number of hydrogen-bond acceptors (Lipinski definition) is 5. The van der Waals surface area contributed by atoms with Crippen LogP contribution in [0, 0.1) is 18.2 Å². The molecule has 0 amide bonds. The topological polar surface area (TPSA) is 83.2 Å². The Balaban J connectivity index is 2.03. The summed E-state index contributed by atoms with van der Waals surface area (Å²) in [5.41, 5.74) is 12.2. The zero-order valence-electron chi connectivity index (χ0n) is 17.3. The van der Waals surface area contributed by atoms with E-state index >= 15 is 0 Å². The van der Waals surface area contributed by atoms with E-state index in [1.165, 1.54) is 12.3 Å². The van der Waals surface area contributed by atoms with Gasteiger partial charge in [0.1, 0.15) is 12.5 Å². The molecule has 5 nitrogen and oxygen atoms in total. The van der Waals surface area contributed by atoms with Gasteiger partial charge in [0.25, 0.3) is 0 Å². The van der Waals surface area contributed by atoms with Crippen LogP contribution >= 0.6 is 0 Å². The van der Waals surface area contributed by atoms with Crippen LogP contribution in [0.15, 0.2) is 55.3 Å². The number of rotatable bonds is 8. The third kappa shape index (κ3) is 4.44. The van der Waals surface area contributed by atoms with Crippen molar-refractivity contribution >= 4 is 23.2 Å². The van der Waals surface area contributed by atoms with Crippen LogP contribution in [-0.2, 0) is 4.74 Å². The Morgan fingerprint density at radius 3 is 2.87 bits per heavy atom. The first-order valence-corrected chi connectivity index (χ1v) is 9.80. The van der Waals surface area contributed by atoms with Crippen LogP contribution in [0.1, 0.15) is 40.8 Å². The van der Waals surface area contributed by atoms with Crippen LogP contribution in [0.2, 0.25) is 0 Å². The average Bonchev–Trinajstić information content (AvgIpc) is 2.76. The van der Waals surface area contributed by atoms with Crippen LogP contribution in [0.25, 0.3) is 11.3 Å². The van der Waals surface area contributed by atoms with Crippen molar-refractivity contribution in [3.63, 3.8) is 0 Å². The second kappa shape index (κ2) is 9.41. The van der Waals surface area contributed by atoms with E-state index in [9.17, 15) is 4.39 Å². The molecular formula is C24H27FN4O. The van der Waals surface area contributed by atoms with E-state index in [2.05, 4.69) is 17.2 Å². The van der Waals surface area contributed by atoms with Gasteiger partial charge in [0.05, 0.1) is 6.04 Å². The first kappa shape index (κ1) is 21.3. The molecule has 1 unspecified atom stereocenters. The van der Waals surface area contributed by atoms with E-state index in [1.54, 1.807) is 13.0 Å². The first-order chi connectivity index (χ1) is 14.5. The lowest BCUT2D eigenvalue weighted by atomic mass is 9.88. The number of benzene rings is 2. The maximum atomic E-state index is 13.8. The molecule has 6 heteroatoms. The fraction of sp³-hybridized carbons (Fsp3) is 0.208. The van der Waals surface area contributed by atoms with Crippen molar-refractivity contribution in [3.8, 4) is 0 Å². The molecule has 1 aliphatic heterocycles. The number of ether oxygens (including phenoxy) is 1. The fourth-order valence-electron chi connectivity index (χ4n) is 3.42. The summed E-state index contributed by atoms with van der Waals surface area (Å²) in [5, 5.41) is 14.3. The Bertz CT molecular complexity index is 1030. The predicted octanol–water partition coefficient (Wildman–Crippen LogP) is 4.51. The Morgan fingerprint density at radius 1 is 1.37 bits per heavy atom. The summed E-state index contributed by atoms with van der Waals surface area (Å²) in [7, 11) is 0. The van der Waals surface area contributed by atoms with Gasteiger partial charge in [-0.15, -0.1) is 0 Å². The lowest BCUT2D eigenvalue weighted by Gasteiger charge is -2.26. The minimum atomic E-state index is -0.229. The Morgan fingerprint density at radius 2 is 2.17 bits per heavy atom. The van der Waals surface area contributed by atoms with E-state index in [0.717, 1.165) is 22.3 Å². The fourth-order valence-corrected chi connectivity index (χ4v) is 3.42. The quantitative estimate of drug-likeness (QED) is 0.225. The highest BCUT2D eigenvalue weighted by molar-refractivity contribution is 5.93. The van der Waals surface area contributed by atoms with Gasteiger partial charge in [-0.05, 0) is 66.6 Å². The summed E-state index contributed by atoms with van der Waals surface area (Å²) in [6, 6.07) is 8.80. The number of allylic oxidation sites excluding steroid dienone is 2. The zero-order chi connectivity index (χ0) is 21.7. The van der Waals surface area contributed by atoms with Gasteiger partial charge in [0.2, 0.25) is 0 Å². The second-order valence-corrected chi connectivity index (χ2v) is 7.05. The van der Waals surface area contributed by atoms with E-state index < -0.39 is 0 Å². The zero-order valence-corrected chi connectivity index (χ0v) is 17.3. The van der Waals surface area contributed by atoms with Crippen molar-refractivity contribution in [3.05, 3.63) is 88.9 Å². The molecule has 1 atom stereocenters. The van der Waals surface area contributed by atoms with Crippen LogP contribution in [0.5, 0.6) is 0 Å². The van der Waals surface area contributed by atoms with Crippen molar-refractivity contribution in [1.82, 2.24) is 10.6 Å². The van der Waals surface area contributed by atoms with E-state index in [4.69, 9.17) is 15.9 Å². The number of aryl methyl sites for hydroxylation is 1. The highest BCUT2D eigenvalue weighted by Crippen LogP contribution is 2.36. The third-order valence-corrected chi connectivity index (χ3v) is 5.08. The monoisotopic (exact) mass is 406 g/mol. The minimum absolute atomic E-state index is 0.158. The predicted molar refractivity (Wildman–Crippen MR) is 122 cm³/mol. The smallest absolute Gasteiger partial charge is 0.126 e. The molecule has 156 valence electrons. The number of anilines is 1. The maximum Gasteiger partial charge on any atom is 0.126 e. The summed E-state index contributed by atoms with van der Waals surface area (Å²) in [6.07, 6.45) is 7.04. The van der Waals surface area contributed by atoms with Gasteiger partial charge in [0, 0.05) is 35.3 Å². The second-order valence-electron chi connectivity index (χ2n) is 7.05. The highest BCUT2D eigenvalue weighted by Gasteiger charge is 2.21. The number of hydrogen-bond donors (Lipinski definition) is 4. The van der Waals surface area contributed by atoms with E-state index in [0.29, 0.717) is 35.8 Å². The van der Waals surface area contributed by atoms with Gasteiger partial charge in [-0.2, -0.15) is 0 Å². The molecule has 2 aromatic rings. The van der Waals surface area contributed by atoms with Gasteiger partial charge >= 0.3 is 0 Å². The molecule has 0 fully saturated rings. The minimum Gasteiger partial charge on any atom is -0.398 e. The maximum absolute atomic E-state index is 13.8. The number of nitrogen functional groups attached to an aromatic ring is 1. The van der Waals surface area contributed by atoms with Crippen LogP contribution in [0.4, 0.5) is 10.1 Å². The molecular weight excluding hydrogens is 379 g/mol. The van der Waals surface area contributed by atoms with Crippen LogP contribution < -0.4 is 16.4 Å². The van der Waals surface area contributed by atoms with Gasteiger partial charge < -0.3 is 26.5 Å². The molecule has 0 aromatic heterocycles. The molecule has 0 saturated carbocycles. The molecule has 1 aliphatic rings. The molecule has 1 heterocycles. The number of dihydropyridines is 1. The highest BCUT2D eigenvalue weighted by atomic mass is 19.1. The van der Waals surface area contributed by atoms with Crippen molar-refractivity contribution in [2.24, 2.45) is 0 Å². The standard InChI is InChI=1S/C24H27FN4O/c1-4-30-14-29-16(3)21-12-18(11-19(13-26)23(21)27)20-6-5-9-28-24(20)17-7-8-22(25)15(2)10-17/h5-13,24,26,28-29H,3-4,14,27H2,1-2H3. The number of nitrogens with two attached hydrogens (primary N) is 1. The SMILES string of the molecule is C=C(NCOCC)c1cc(C2=CC=CNC2c2ccc(F)c(C)c2)cc(C=N)c1N. The normalized spacial score (nSPS) is 15.3. The molecule has 0 aliphatic carbocycles. The van der Waals surface area contributed by atoms with Crippen LogP contribution in [-0.4, -0.2) is 19.6 Å². The van der Waals surface area contributed by atoms with Crippen molar-refractivity contribution in [2.45, 2.75) is 19.9 Å². The molecule has 0 bridgehead atoms. The summed E-state index contributed by atoms with van der Waals surface area (Å²) in [6.45, 7) is 8.66. The number of nitrogens with one attached hydrogen (secondary N) is 3. The molecule has 0 spiro atoms. The van der Waals surface area contributed by atoms with Crippen molar-refractivity contribution in [1.29, 1.82) is 5.41 Å². The molecule has 30 heavy (non-hydrogen) atoms. The van der Waals surface area contributed by atoms with E-state index in [-0.39, 0.29) is 11.9 Å². The van der Waals surface area contributed by atoms with Gasteiger partial charge in [0.15, 0.2) is 0 Å². The van der Waals surface area contributed by atoms with Crippen LogP contribution in [0.3, 0.4) is 0 Å². The summed E-state index contributed by atoms with van der Waals surface area (Å²) in [4.78, 5) is 0. The lowest BCUT2D eigenvalue weighted by molar-refractivity contribution is 0.140. The molecule has 2 aromatic carbocycles. The largest absolute Gasteiger partial charge is 0.398 e. The third-order valence-electron chi connectivity index (χ3n) is 5.08. The van der Waals surface area contributed by atoms with E-state index in [1.807, 2.05) is 43.5 Å². The van der Waals surface area contributed by atoms with Gasteiger partial charge in [-0.3, -0.25) is 0 Å².